The van der Waals surface area contributed by atoms with Crippen molar-refractivity contribution in [3.63, 3.8) is 0 Å². The molecule has 0 bridgehead atoms. The van der Waals surface area contributed by atoms with Gasteiger partial charge in [0.1, 0.15) is 5.82 Å². The van der Waals surface area contributed by atoms with E-state index in [-0.39, 0.29) is 29.5 Å². The average molecular weight is 419 g/mol. The Kier molecular flexibility index (Phi) is 7.81. The molecule has 0 saturated carbocycles. The molecule has 4 nitrogen and oxygen atoms in total. The van der Waals surface area contributed by atoms with Crippen LogP contribution >= 0.6 is 11.3 Å². The predicted molar refractivity (Wildman–Crippen MR) is 116 cm³/mol. The van der Waals surface area contributed by atoms with E-state index in [4.69, 9.17) is 4.74 Å². The summed E-state index contributed by atoms with van der Waals surface area (Å²) in [7, 11) is 1.66. The van der Waals surface area contributed by atoms with Crippen LogP contribution < -0.4 is 0 Å². The van der Waals surface area contributed by atoms with Crippen LogP contribution in [0.15, 0.2) is 41.8 Å². The molecule has 1 aromatic carbocycles. The molecule has 1 fully saturated rings. The monoisotopic (exact) mass is 418 g/mol. The minimum Gasteiger partial charge on any atom is -0.383 e. The van der Waals surface area contributed by atoms with Gasteiger partial charge in [-0.2, -0.15) is 0 Å². The molecule has 2 atom stereocenters. The maximum Gasteiger partial charge on any atom is 0.225 e. The van der Waals surface area contributed by atoms with Crippen LogP contribution in [0.5, 0.6) is 0 Å². The summed E-state index contributed by atoms with van der Waals surface area (Å²) >= 11 is 1.76. The second kappa shape index (κ2) is 10.3. The molecule has 1 aliphatic rings. The Morgan fingerprint density at radius 2 is 2.14 bits per heavy atom. The predicted octanol–water partition coefficient (Wildman–Crippen LogP) is 4.23. The van der Waals surface area contributed by atoms with Gasteiger partial charge in [-0.25, -0.2) is 4.39 Å². The SMILES string of the molecule is COCCN(C[C@H]1CN(Cc2cccs2)C[C@H]1c1cccc(F)c1)C(=O)C(C)C. The summed E-state index contributed by atoms with van der Waals surface area (Å²) in [6, 6.07) is 11.2. The van der Waals surface area contributed by atoms with Crippen molar-refractivity contribution in [2.75, 3.05) is 39.9 Å². The van der Waals surface area contributed by atoms with E-state index in [1.54, 1.807) is 30.6 Å². The van der Waals surface area contributed by atoms with Gasteiger partial charge in [-0.1, -0.05) is 32.0 Å². The van der Waals surface area contributed by atoms with Gasteiger partial charge in [0.15, 0.2) is 0 Å². The lowest BCUT2D eigenvalue weighted by atomic mass is 9.88. The molecule has 1 aromatic heterocycles. The Balaban J connectivity index is 1.79. The molecule has 29 heavy (non-hydrogen) atoms. The highest BCUT2D eigenvalue weighted by molar-refractivity contribution is 7.09. The Morgan fingerprint density at radius 3 is 2.79 bits per heavy atom. The molecular weight excluding hydrogens is 387 g/mol. The van der Waals surface area contributed by atoms with E-state index in [0.29, 0.717) is 19.7 Å². The number of nitrogens with zero attached hydrogens (tertiary/aromatic N) is 2. The number of benzene rings is 1. The lowest BCUT2D eigenvalue weighted by Gasteiger charge is -2.29. The van der Waals surface area contributed by atoms with Crippen molar-refractivity contribution in [1.82, 2.24) is 9.80 Å². The highest BCUT2D eigenvalue weighted by Gasteiger charge is 2.36. The molecule has 2 heterocycles. The number of thiophene rings is 1. The second-order valence-electron chi connectivity index (χ2n) is 8.13. The summed E-state index contributed by atoms with van der Waals surface area (Å²) in [5.74, 6) is 0.360. The molecule has 1 saturated heterocycles. The van der Waals surface area contributed by atoms with Crippen LogP contribution in [0.1, 0.15) is 30.2 Å². The fraction of sp³-hybridized carbons (Fsp3) is 0.522. The van der Waals surface area contributed by atoms with Crippen molar-refractivity contribution in [1.29, 1.82) is 0 Å². The van der Waals surface area contributed by atoms with Crippen LogP contribution in [0.4, 0.5) is 4.39 Å². The average Bonchev–Trinajstić information content (AvgIpc) is 3.34. The van der Waals surface area contributed by atoms with Crippen LogP contribution in [-0.4, -0.2) is 55.6 Å². The number of amides is 1. The molecular formula is C23H31FN2O2S. The van der Waals surface area contributed by atoms with Crippen molar-refractivity contribution >= 4 is 17.2 Å². The Hall–Kier alpha value is -1.76. The number of halogens is 1. The molecule has 158 valence electrons. The van der Waals surface area contributed by atoms with Crippen molar-refractivity contribution in [3.8, 4) is 0 Å². The van der Waals surface area contributed by atoms with Gasteiger partial charge in [0.05, 0.1) is 6.61 Å². The van der Waals surface area contributed by atoms with Crippen LogP contribution in [0, 0.1) is 17.7 Å². The van der Waals surface area contributed by atoms with E-state index in [0.717, 1.165) is 25.2 Å². The largest absolute Gasteiger partial charge is 0.383 e. The highest BCUT2D eigenvalue weighted by Crippen LogP contribution is 2.35. The molecule has 0 N–H and O–H groups in total. The summed E-state index contributed by atoms with van der Waals surface area (Å²) in [5.41, 5.74) is 1.02. The van der Waals surface area contributed by atoms with E-state index < -0.39 is 0 Å². The first-order chi connectivity index (χ1) is 14.0. The van der Waals surface area contributed by atoms with E-state index in [2.05, 4.69) is 22.4 Å². The maximum absolute atomic E-state index is 13.9. The topological polar surface area (TPSA) is 32.8 Å². The lowest BCUT2D eigenvalue weighted by Crippen LogP contribution is -2.41. The third kappa shape index (κ3) is 5.87. The number of likely N-dealkylation sites (tertiary alicyclic amines) is 1. The number of carbonyl (C=O) groups is 1. The molecule has 1 amide bonds. The van der Waals surface area contributed by atoms with E-state index >= 15 is 0 Å². The zero-order valence-corrected chi connectivity index (χ0v) is 18.3. The Labute approximate surface area is 177 Å². The number of rotatable bonds is 9. The van der Waals surface area contributed by atoms with Crippen LogP contribution in [0.25, 0.3) is 0 Å². The van der Waals surface area contributed by atoms with Gasteiger partial charge in [-0.15, -0.1) is 11.3 Å². The van der Waals surface area contributed by atoms with Crippen molar-refractivity contribution < 1.29 is 13.9 Å². The number of hydrogen-bond donors (Lipinski definition) is 0. The molecule has 2 aromatic rings. The zero-order chi connectivity index (χ0) is 20.8. The first-order valence-electron chi connectivity index (χ1n) is 10.3. The third-order valence-electron chi connectivity index (χ3n) is 5.58. The van der Waals surface area contributed by atoms with Crippen molar-refractivity contribution in [2.45, 2.75) is 26.3 Å². The Bertz CT molecular complexity index is 781. The maximum atomic E-state index is 13.9. The molecule has 0 radical (unpaired) electrons. The van der Waals surface area contributed by atoms with E-state index in [1.165, 1.54) is 10.9 Å². The first-order valence-corrected chi connectivity index (χ1v) is 11.1. The standard InChI is InChI=1S/C23H31FN2O2S/c1-17(2)23(27)26(9-10-28-3)14-19-13-25(15-21-8-5-11-29-21)16-22(19)18-6-4-7-20(24)12-18/h4-8,11-12,17,19,22H,9-10,13-16H2,1-3H3/t19-,22+/m1/s1. The quantitative estimate of drug-likeness (QED) is 0.611. The molecule has 0 spiro atoms. The summed E-state index contributed by atoms with van der Waals surface area (Å²) < 4.78 is 19.2. The van der Waals surface area contributed by atoms with Crippen LogP contribution in [0.2, 0.25) is 0 Å². The first kappa shape index (κ1) is 21.9. The smallest absolute Gasteiger partial charge is 0.225 e. The second-order valence-corrected chi connectivity index (χ2v) is 9.16. The number of carbonyl (C=O) groups excluding carboxylic acids is 1. The summed E-state index contributed by atoms with van der Waals surface area (Å²) in [4.78, 5) is 18.5. The van der Waals surface area contributed by atoms with E-state index in [1.807, 2.05) is 24.8 Å². The van der Waals surface area contributed by atoms with Gasteiger partial charge >= 0.3 is 0 Å². The van der Waals surface area contributed by atoms with E-state index in [9.17, 15) is 9.18 Å². The van der Waals surface area contributed by atoms with Crippen molar-refractivity contribution in [3.05, 3.63) is 58.0 Å². The molecule has 3 rings (SSSR count). The van der Waals surface area contributed by atoms with Crippen LogP contribution in [-0.2, 0) is 16.1 Å². The molecule has 0 unspecified atom stereocenters. The van der Waals surface area contributed by atoms with Crippen LogP contribution in [0.3, 0.4) is 0 Å². The molecule has 1 aliphatic heterocycles. The van der Waals surface area contributed by atoms with Gasteiger partial charge in [-0.05, 0) is 35.1 Å². The van der Waals surface area contributed by atoms with Gasteiger partial charge in [-0.3, -0.25) is 9.69 Å². The number of methoxy groups -OCH3 is 1. The number of ether oxygens (including phenoxy) is 1. The highest BCUT2D eigenvalue weighted by atomic mass is 32.1. The lowest BCUT2D eigenvalue weighted by molar-refractivity contribution is -0.135. The normalized spacial score (nSPS) is 19.8. The summed E-state index contributed by atoms with van der Waals surface area (Å²) in [6.45, 7) is 8.32. The summed E-state index contributed by atoms with van der Waals surface area (Å²) in [5, 5.41) is 2.10. The minimum atomic E-state index is -0.201. The van der Waals surface area contributed by atoms with Gasteiger partial charge < -0.3 is 9.64 Å². The van der Waals surface area contributed by atoms with Gasteiger partial charge in [0, 0.05) is 56.5 Å². The minimum absolute atomic E-state index is 0.0527. The van der Waals surface area contributed by atoms with Gasteiger partial charge in [0.2, 0.25) is 5.91 Å². The Morgan fingerprint density at radius 1 is 1.31 bits per heavy atom. The third-order valence-corrected chi connectivity index (χ3v) is 6.44. The van der Waals surface area contributed by atoms with Crippen molar-refractivity contribution in [2.24, 2.45) is 11.8 Å². The molecule has 0 aliphatic carbocycles. The van der Waals surface area contributed by atoms with Gasteiger partial charge in [0.25, 0.3) is 0 Å². The number of hydrogen-bond acceptors (Lipinski definition) is 4. The fourth-order valence-corrected chi connectivity index (χ4v) is 4.90. The zero-order valence-electron chi connectivity index (χ0n) is 17.5. The fourth-order valence-electron chi connectivity index (χ4n) is 4.15. The molecule has 6 heteroatoms. The summed E-state index contributed by atoms with van der Waals surface area (Å²) in [6.07, 6.45) is 0.